The monoisotopic (exact) mass is 447 g/mol. The van der Waals surface area contributed by atoms with Crippen LogP contribution in [0.15, 0.2) is 35.8 Å². The Hall–Kier alpha value is -3.77. The van der Waals surface area contributed by atoms with Crippen molar-refractivity contribution in [1.82, 2.24) is 19.5 Å². The number of aryl methyl sites for hydroxylation is 2. The van der Waals surface area contributed by atoms with Crippen LogP contribution < -0.4 is 5.73 Å². The van der Waals surface area contributed by atoms with E-state index >= 15 is 0 Å². The molecule has 0 aliphatic carbocycles. The van der Waals surface area contributed by atoms with Crippen molar-refractivity contribution in [2.24, 2.45) is 17.9 Å². The number of nitrogens with zero attached hydrogens (tertiary/aromatic N) is 6. The van der Waals surface area contributed by atoms with Gasteiger partial charge >= 0.3 is 6.03 Å². The standard InChI is InChI=1S/C24H29N7O2/c1-16-10-20-19(11-17(16)6-8-26-4)18(12-21(29-20)22-14-27-15-30(22)5)13-28-31(23(25)32)9-7-24(2,3)33/h10-15,33H,6-9H2,1-3,5H3,(H2,25,32). The van der Waals surface area contributed by atoms with E-state index in [1.807, 2.05) is 36.7 Å². The summed E-state index contributed by atoms with van der Waals surface area (Å²) in [6, 6.07) is 5.23. The number of hydrazone groups is 1. The Bertz CT molecular complexity index is 1230. The molecule has 9 heteroatoms. The zero-order valence-corrected chi connectivity index (χ0v) is 19.4. The molecule has 2 heterocycles. The Kier molecular flexibility index (Phi) is 7.09. The second kappa shape index (κ2) is 9.79. The fourth-order valence-electron chi connectivity index (χ4n) is 3.47. The molecule has 33 heavy (non-hydrogen) atoms. The number of carbonyl (C=O) groups is 1. The van der Waals surface area contributed by atoms with E-state index in [0.717, 1.165) is 44.0 Å². The highest BCUT2D eigenvalue weighted by Gasteiger charge is 2.17. The number of primary amides is 1. The van der Waals surface area contributed by atoms with E-state index in [1.165, 1.54) is 0 Å². The third-order valence-electron chi connectivity index (χ3n) is 5.40. The molecule has 0 atom stereocenters. The van der Waals surface area contributed by atoms with Crippen LogP contribution in [-0.2, 0) is 13.5 Å². The Morgan fingerprint density at radius 1 is 1.39 bits per heavy atom. The lowest BCUT2D eigenvalue weighted by atomic mass is 9.99. The maximum Gasteiger partial charge on any atom is 0.335 e. The number of aliphatic hydroxyl groups is 1. The minimum atomic E-state index is -0.950. The molecule has 0 radical (unpaired) electrons. The largest absolute Gasteiger partial charge is 0.390 e. The van der Waals surface area contributed by atoms with E-state index in [0.29, 0.717) is 19.4 Å². The lowest BCUT2D eigenvalue weighted by Gasteiger charge is -2.21. The number of fused-ring (bicyclic) bond motifs is 1. The fraction of sp³-hybridized carbons (Fsp3) is 0.375. The lowest BCUT2D eigenvalue weighted by molar-refractivity contribution is 0.0624. The van der Waals surface area contributed by atoms with Crippen molar-refractivity contribution < 1.29 is 9.90 Å². The molecule has 1 aromatic carbocycles. The van der Waals surface area contributed by atoms with Crippen LogP contribution in [0.4, 0.5) is 4.79 Å². The zero-order chi connectivity index (χ0) is 24.2. The van der Waals surface area contributed by atoms with Gasteiger partial charge < -0.3 is 20.3 Å². The topological polar surface area (TPSA) is 114 Å². The van der Waals surface area contributed by atoms with Gasteiger partial charge in [-0.05, 0) is 56.5 Å². The molecule has 0 bridgehead atoms. The van der Waals surface area contributed by atoms with Crippen LogP contribution in [0.1, 0.15) is 37.0 Å². The minimum absolute atomic E-state index is 0.183. The average molecular weight is 448 g/mol. The van der Waals surface area contributed by atoms with Crippen molar-refractivity contribution in [3.63, 3.8) is 0 Å². The van der Waals surface area contributed by atoms with Crippen molar-refractivity contribution in [2.75, 3.05) is 13.1 Å². The van der Waals surface area contributed by atoms with E-state index in [1.54, 1.807) is 32.6 Å². The molecular formula is C24H29N7O2. The summed E-state index contributed by atoms with van der Waals surface area (Å²) in [7, 11) is 1.89. The Labute approximate surface area is 193 Å². The molecule has 2 aromatic heterocycles. The Morgan fingerprint density at radius 2 is 2.15 bits per heavy atom. The molecule has 0 unspecified atom stereocenters. The third-order valence-corrected chi connectivity index (χ3v) is 5.40. The van der Waals surface area contributed by atoms with Crippen molar-refractivity contribution in [3.8, 4) is 11.4 Å². The van der Waals surface area contributed by atoms with Gasteiger partial charge in [0.15, 0.2) is 0 Å². The SMILES string of the molecule is [C-]#[N+]CCc1cc2c(C=NN(CCC(C)(C)O)C(N)=O)cc(-c3cncn3C)nc2cc1C. The first-order valence-electron chi connectivity index (χ1n) is 10.7. The molecule has 0 aliphatic heterocycles. The van der Waals surface area contributed by atoms with Gasteiger partial charge in [-0.15, -0.1) is 0 Å². The Balaban J connectivity index is 2.11. The summed E-state index contributed by atoms with van der Waals surface area (Å²) in [5, 5.41) is 16.3. The minimum Gasteiger partial charge on any atom is -0.390 e. The van der Waals surface area contributed by atoms with Crippen molar-refractivity contribution >= 4 is 23.1 Å². The quantitative estimate of drug-likeness (QED) is 0.313. The van der Waals surface area contributed by atoms with E-state index in [9.17, 15) is 9.90 Å². The summed E-state index contributed by atoms with van der Waals surface area (Å²) in [6.45, 7) is 13.0. The van der Waals surface area contributed by atoms with Gasteiger partial charge in [0.05, 0.1) is 41.2 Å². The molecule has 172 valence electrons. The second-order valence-electron chi connectivity index (χ2n) is 8.68. The van der Waals surface area contributed by atoms with Crippen LogP contribution in [-0.4, -0.2) is 55.6 Å². The first-order chi connectivity index (χ1) is 15.6. The number of hydrogen-bond acceptors (Lipinski definition) is 5. The van der Waals surface area contributed by atoms with Crippen LogP contribution in [0.2, 0.25) is 0 Å². The molecule has 0 saturated carbocycles. The number of pyridine rings is 1. The predicted molar refractivity (Wildman–Crippen MR) is 129 cm³/mol. The molecule has 3 N–H and O–H groups in total. The molecule has 0 aliphatic rings. The van der Waals surface area contributed by atoms with E-state index in [4.69, 9.17) is 17.3 Å². The lowest BCUT2D eigenvalue weighted by Crippen LogP contribution is -2.35. The highest BCUT2D eigenvalue weighted by molar-refractivity contribution is 6.00. The molecule has 3 rings (SSSR count). The summed E-state index contributed by atoms with van der Waals surface area (Å²) < 4.78 is 1.88. The van der Waals surface area contributed by atoms with Gasteiger partial charge in [-0.25, -0.2) is 26.3 Å². The van der Waals surface area contributed by atoms with Crippen LogP contribution in [0, 0.1) is 13.5 Å². The summed E-state index contributed by atoms with van der Waals surface area (Å²) in [5.41, 5.74) is 9.79. The Morgan fingerprint density at radius 3 is 2.76 bits per heavy atom. The van der Waals surface area contributed by atoms with Crippen LogP contribution in [0.25, 0.3) is 27.1 Å². The molecule has 0 saturated heterocycles. The zero-order valence-electron chi connectivity index (χ0n) is 19.4. The first-order valence-corrected chi connectivity index (χ1v) is 10.7. The number of amides is 2. The van der Waals surface area contributed by atoms with Crippen molar-refractivity contribution in [1.29, 1.82) is 0 Å². The highest BCUT2D eigenvalue weighted by atomic mass is 16.3. The number of nitrogens with two attached hydrogens (primary N) is 1. The van der Waals surface area contributed by atoms with Gasteiger partial charge in [-0.3, -0.25) is 0 Å². The number of rotatable bonds is 8. The number of benzene rings is 1. The average Bonchev–Trinajstić information content (AvgIpc) is 3.16. The van der Waals surface area contributed by atoms with E-state index < -0.39 is 11.6 Å². The molecular weight excluding hydrogens is 418 g/mol. The number of urea groups is 1. The fourth-order valence-corrected chi connectivity index (χ4v) is 3.47. The molecule has 3 aromatic rings. The highest BCUT2D eigenvalue weighted by Crippen LogP contribution is 2.27. The third kappa shape index (κ3) is 5.93. The smallest absolute Gasteiger partial charge is 0.335 e. The van der Waals surface area contributed by atoms with Crippen LogP contribution in [0.3, 0.4) is 0 Å². The number of aromatic nitrogens is 3. The van der Waals surface area contributed by atoms with Gasteiger partial charge in [0.2, 0.25) is 6.54 Å². The number of carbonyl (C=O) groups excluding carboxylic acids is 1. The second-order valence-corrected chi connectivity index (χ2v) is 8.68. The summed E-state index contributed by atoms with van der Waals surface area (Å²) in [6.07, 6.45) is 6.01. The van der Waals surface area contributed by atoms with Crippen molar-refractivity contribution in [3.05, 3.63) is 58.8 Å². The molecule has 9 nitrogen and oxygen atoms in total. The maximum absolute atomic E-state index is 11.9. The van der Waals surface area contributed by atoms with E-state index in [-0.39, 0.29) is 6.54 Å². The number of hydrogen-bond donors (Lipinski definition) is 2. The van der Waals surface area contributed by atoms with Crippen molar-refractivity contribution in [2.45, 2.75) is 39.2 Å². The maximum atomic E-state index is 11.9. The van der Waals surface area contributed by atoms with Gasteiger partial charge in [-0.2, -0.15) is 5.10 Å². The van der Waals surface area contributed by atoms with E-state index in [2.05, 4.69) is 14.9 Å². The molecule has 2 amide bonds. The normalized spacial score (nSPS) is 11.8. The predicted octanol–water partition coefficient (Wildman–Crippen LogP) is 3.28. The first kappa shape index (κ1) is 23.9. The van der Waals surface area contributed by atoms with Gasteiger partial charge in [0, 0.05) is 31.0 Å². The summed E-state index contributed by atoms with van der Waals surface area (Å²) >= 11 is 0. The molecule has 0 spiro atoms. The van der Waals surface area contributed by atoms with Gasteiger partial charge in [-0.1, -0.05) is 0 Å². The van der Waals surface area contributed by atoms with Crippen LogP contribution >= 0.6 is 0 Å². The number of imidazole rings is 1. The van der Waals surface area contributed by atoms with Gasteiger partial charge in [0.25, 0.3) is 0 Å². The molecule has 0 fully saturated rings. The summed E-state index contributed by atoms with van der Waals surface area (Å²) in [5.74, 6) is 0. The summed E-state index contributed by atoms with van der Waals surface area (Å²) in [4.78, 5) is 24.4. The van der Waals surface area contributed by atoms with Crippen LogP contribution in [0.5, 0.6) is 0 Å². The van der Waals surface area contributed by atoms with Gasteiger partial charge in [0.1, 0.15) is 0 Å².